The van der Waals surface area contributed by atoms with Crippen LogP contribution >= 0.6 is 0 Å². The van der Waals surface area contributed by atoms with Crippen molar-refractivity contribution in [3.63, 3.8) is 0 Å². The van der Waals surface area contributed by atoms with Crippen LogP contribution in [0.2, 0.25) is 0 Å². The van der Waals surface area contributed by atoms with Crippen LogP contribution in [0.3, 0.4) is 0 Å². The van der Waals surface area contributed by atoms with E-state index < -0.39 is 15.4 Å². The van der Waals surface area contributed by atoms with Crippen molar-refractivity contribution < 1.29 is 8.42 Å². The Morgan fingerprint density at radius 2 is 2.11 bits per heavy atom. The van der Waals surface area contributed by atoms with E-state index in [0.717, 1.165) is 5.56 Å². The number of nitrogens with zero attached hydrogens (tertiary/aromatic N) is 2. The number of likely N-dealkylation sites (N-methyl/N-ethyl adjacent to an activating group) is 1. The molecule has 0 radical (unpaired) electrons. The summed E-state index contributed by atoms with van der Waals surface area (Å²) in [5.41, 5.74) is 6.53. The number of hydrogen-bond donors (Lipinski definition) is 1. The van der Waals surface area contributed by atoms with Crippen molar-refractivity contribution in [3.05, 3.63) is 30.1 Å². The normalized spacial score (nSPS) is 26.6. The third-order valence-electron chi connectivity index (χ3n) is 3.73. The molecule has 1 fully saturated rings. The van der Waals surface area contributed by atoms with Crippen molar-refractivity contribution in [2.75, 3.05) is 25.1 Å². The summed E-state index contributed by atoms with van der Waals surface area (Å²) >= 11 is 0. The third kappa shape index (κ3) is 2.71. The summed E-state index contributed by atoms with van der Waals surface area (Å²) in [5, 5.41) is 0. The third-order valence-corrected chi connectivity index (χ3v) is 5.53. The van der Waals surface area contributed by atoms with E-state index in [9.17, 15) is 8.42 Å². The minimum absolute atomic E-state index is 0.165. The number of hydrogen-bond acceptors (Lipinski definition) is 5. The fraction of sp³-hybridized carbons (Fsp3) is 0.583. The lowest BCUT2D eigenvalue weighted by molar-refractivity contribution is 0.143. The van der Waals surface area contributed by atoms with Crippen LogP contribution in [0.25, 0.3) is 0 Å². The molecule has 1 unspecified atom stereocenters. The molecular weight excluding hydrogens is 250 g/mol. The Kier molecular flexibility index (Phi) is 3.70. The largest absolute Gasteiger partial charge is 0.329 e. The molecule has 2 N–H and O–H groups in total. The van der Waals surface area contributed by atoms with Crippen LogP contribution in [0.5, 0.6) is 0 Å². The number of pyridine rings is 1. The summed E-state index contributed by atoms with van der Waals surface area (Å²) in [4.78, 5) is 6.03. The summed E-state index contributed by atoms with van der Waals surface area (Å²) < 4.78 is 23.3. The van der Waals surface area contributed by atoms with Gasteiger partial charge in [-0.1, -0.05) is 0 Å². The van der Waals surface area contributed by atoms with Crippen LogP contribution in [0.4, 0.5) is 0 Å². The van der Waals surface area contributed by atoms with Crippen LogP contribution < -0.4 is 5.73 Å². The van der Waals surface area contributed by atoms with Crippen LogP contribution in [0.15, 0.2) is 24.5 Å². The maximum atomic E-state index is 11.7. The van der Waals surface area contributed by atoms with E-state index in [0.29, 0.717) is 19.5 Å². The Labute approximate surface area is 108 Å². The van der Waals surface area contributed by atoms with Crippen molar-refractivity contribution in [3.8, 4) is 0 Å². The molecule has 5 nitrogen and oxygen atoms in total. The Morgan fingerprint density at radius 3 is 2.61 bits per heavy atom. The van der Waals surface area contributed by atoms with Gasteiger partial charge >= 0.3 is 0 Å². The van der Waals surface area contributed by atoms with E-state index in [1.165, 1.54) is 0 Å². The Morgan fingerprint density at radius 1 is 1.44 bits per heavy atom. The minimum atomic E-state index is -2.94. The van der Waals surface area contributed by atoms with Gasteiger partial charge in [0.15, 0.2) is 9.84 Å². The summed E-state index contributed by atoms with van der Waals surface area (Å²) in [6, 6.07) is 3.87. The predicted molar refractivity (Wildman–Crippen MR) is 70.8 cm³/mol. The highest BCUT2D eigenvalue weighted by Crippen LogP contribution is 2.29. The smallest absolute Gasteiger partial charge is 0.152 e. The fourth-order valence-corrected chi connectivity index (χ4v) is 4.58. The highest BCUT2D eigenvalue weighted by atomic mass is 32.2. The minimum Gasteiger partial charge on any atom is -0.329 e. The molecule has 0 aromatic carbocycles. The molecule has 2 rings (SSSR count). The zero-order valence-corrected chi connectivity index (χ0v) is 11.4. The molecule has 100 valence electrons. The Bertz CT molecular complexity index is 503. The van der Waals surface area contributed by atoms with E-state index in [4.69, 9.17) is 5.73 Å². The van der Waals surface area contributed by atoms with Crippen LogP contribution in [-0.2, 0) is 16.4 Å². The van der Waals surface area contributed by atoms with Crippen molar-refractivity contribution in [2.24, 2.45) is 5.73 Å². The molecule has 6 heteroatoms. The Balaban J connectivity index is 2.14. The quantitative estimate of drug-likeness (QED) is 0.834. The highest BCUT2D eigenvalue weighted by Gasteiger charge is 2.44. The van der Waals surface area contributed by atoms with Crippen LogP contribution in [0, 0.1) is 0 Å². The second-order valence-electron chi connectivity index (χ2n) is 4.98. The maximum absolute atomic E-state index is 11.7. The number of sulfone groups is 1. The van der Waals surface area contributed by atoms with Gasteiger partial charge in [0.2, 0.25) is 0 Å². The molecule has 0 saturated carbocycles. The molecule has 1 aliphatic rings. The lowest BCUT2D eigenvalue weighted by Crippen LogP contribution is -2.52. The molecule has 0 bridgehead atoms. The topological polar surface area (TPSA) is 76.3 Å². The molecule has 0 amide bonds. The molecule has 18 heavy (non-hydrogen) atoms. The summed E-state index contributed by atoms with van der Waals surface area (Å²) in [6.07, 6.45) is 4.10. The lowest BCUT2D eigenvalue weighted by Gasteiger charge is -2.36. The second-order valence-corrected chi connectivity index (χ2v) is 7.17. The SMILES string of the molecule is CN(Cc1ccncc1)C1(CN)CCS(=O)(=O)C1. The first-order valence-electron chi connectivity index (χ1n) is 5.98. The van der Waals surface area contributed by atoms with Gasteiger partial charge in [0.05, 0.1) is 11.5 Å². The van der Waals surface area contributed by atoms with Gasteiger partial charge in [-0.15, -0.1) is 0 Å². The molecule has 1 aliphatic heterocycles. The average Bonchev–Trinajstić information content (AvgIpc) is 2.68. The van der Waals surface area contributed by atoms with Gasteiger partial charge in [-0.2, -0.15) is 0 Å². The first-order valence-corrected chi connectivity index (χ1v) is 7.80. The molecule has 0 spiro atoms. The Hall–Kier alpha value is -0.980. The summed E-state index contributed by atoms with van der Waals surface area (Å²) in [7, 11) is -0.999. The average molecular weight is 269 g/mol. The van der Waals surface area contributed by atoms with Gasteiger partial charge in [-0.3, -0.25) is 9.88 Å². The number of aromatic nitrogens is 1. The first-order chi connectivity index (χ1) is 8.47. The van der Waals surface area contributed by atoms with Gasteiger partial charge in [-0.05, 0) is 31.2 Å². The van der Waals surface area contributed by atoms with Crippen molar-refractivity contribution in [1.29, 1.82) is 0 Å². The van der Waals surface area contributed by atoms with E-state index in [1.54, 1.807) is 12.4 Å². The first kappa shape index (κ1) is 13.5. The molecule has 2 heterocycles. The zero-order valence-electron chi connectivity index (χ0n) is 10.5. The van der Waals surface area contributed by atoms with Crippen molar-refractivity contribution in [2.45, 2.75) is 18.5 Å². The van der Waals surface area contributed by atoms with E-state index in [2.05, 4.69) is 9.88 Å². The fourth-order valence-electron chi connectivity index (χ4n) is 2.45. The molecule has 1 saturated heterocycles. The maximum Gasteiger partial charge on any atom is 0.152 e. The summed E-state index contributed by atoms with van der Waals surface area (Å²) in [5.74, 6) is 0.406. The van der Waals surface area contributed by atoms with Crippen molar-refractivity contribution >= 4 is 9.84 Å². The molecule has 1 atom stereocenters. The predicted octanol–water partition coefficient (Wildman–Crippen LogP) is 0.0294. The van der Waals surface area contributed by atoms with E-state index in [1.807, 2.05) is 19.2 Å². The molecule has 1 aromatic heterocycles. The van der Waals surface area contributed by atoms with Gasteiger partial charge in [0, 0.05) is 31.0 Å². The van der Waals surface area contributed by atoms with E-state index >= 15 is 0 Å². The van der Waals surface area contributed by atoms with Gasteiger partial charge in [-0.25, -0.2) is 8.42 Å². The zero-order chi connectivity index (χ0) is 13.2. The standard InChI is InChI=1S/C12H19N3O2S/c1-15(8-11-2-5-14-6-3-11)12(9-13)4-7-18(16,17)10-12/h2-3,5-6H,4,7-10,13H2,1H3. The monoisotopic (exact) mass is 269 g/mol. The van der Waals surface area contributed by atoms with Crippen LogP contribution in [0.1, 0.15) is 12.0 Å². The van der Waals surface area contributed by atoms with Crippen molar-refractivity contribution in [1.82, 2.24) is 9.88 Å². The number of nitrogens with two attached hydrogens (primary N) is 1. The second kappa shape index (κ2) is 4.95. The number of rotatable bonds is 4. The summed E-state index contributed by atoms with van der Waals surface area (Å²) in [6.45, 7) is 1.06. The molecule has 0 aliphatic carbocycles. The molecular formula is C12H19N3O2S. The van der Waals surface area contributed by atoms with E-state index in [-0.39, 0.29) is 11.5 Å². The highest BCUT2D eigenvalue weighted by molar-refractivity contribution is 7.91. The molecule has 1 aromatic rings. The van der Waals surface area contributed by atoms with Gasteiger partial charge in [0.25, 0.3) is 0 Å². The van der Waals surface area contributed by atoms with Gasteiger partial charge in [0.1, 0.15) is 0 Å². The lowest BCUT2D eigenvalue weighted by atomic mass is 9.96. The van der Waals surface area contributed by atoms with Gasteiger partial charge < -0.3 is 5.73 Å². The van der Waals surface area contributed by atoms with Crippen LogP contribution in [-0.4, -0.2) is 48.9 Å².